The van der Waals surface area contributed by atoms with E-state index >= 15 is 0 Å². The Morgan fingerprint density at radius 3 is 2.30 bits per heavy atom. The van der Waals surface area contributed by atoms with Crippen LogP contribution < -0.4 is 5.32 Å². The van der Waals surface area contributed by atoms with Gasteiger partial charge in [-0.1, -0.05) is 61.0 Å². The molecule has 1 aliphatic rings. The van der Waals surface area contributed by atoms with E-state index in [1.165, 1.54) is 4.90 Å². The summed E-state index contributed by atoms with van der Waals surface area (Å²) in [4.78, 5) is 40.7. The number of carbonyl (C=O) groups is 3. The first-order valence-corrected chi connectivity index (χ1v) is 10.3. The van der Waals surface area contributed by atoms with Crippen LogP contribution in [-0.4, -0.2) is 47.2 Å². The minimum Gasteiger partial charge on any atom is -0.352 e. The van der Waals surface area contributed by atoms with Crippen molar-refractivity contribution in [3.8, 4) is 0 Å². The van der Waals surface area contributed by atoms with Crippen LogP contribution in [0, 0.1) is 19.8 Å². The van der Waals surface area contributed by atoms with E-state index in [4.69, 9.17) is 0 Å². The molecule has 2 aromatic carbocycles. The van der Waals surface area contributed by atoms with Crippen LogP contribution in [0.3, 0.4) is 0 Å². The van der Waals surface area contributed by atoms with Gasteiger partial charge in [0, 0.05) is 32.7 Å². The van der Waals surface area contributed by atoms with Gasteiger partial charge >= 0.3 is 11.8 Å². The Bertz CT molecular complexity index is 924. The molecule has 0 spiro atoms. The van der Waals surface area contributed by atoms with Crippen LogP contribution in [-0.2, 0) is 27.5 Å². The van der Waals surface area contributed by atoms with Crippen molar-refractivity contribution in [1.29, 1.82) is 0 Å². The molecule has 1 heterocycles. The normalized spacial score (nSPS) is 15.3. The lowest BCUT2D eigenvalue weighted by Crippen LogP contribution is -2.55. The van der Waals surface area contributed by atoms with Crippen molar-refractivity contribution in [2.75, 3.05) is 19.6 Å². The van der Waals surface area contributed by atoms with E-state index in [2.05, 4.69) is 5.32 Å². The quantitative estimate of drug-likeness (QED) is 0.717. The summed E-state index contributed by atoms with van der Waals surface area (Å²) in [6.45, 7) is 7.81. The summed E-state index contributed by atoms with van der Waals surface area (Å²) in [5.41, 5.74) is 4.34. The van der Waals surface area contributed by atoms with E-state index in [-0.39, 0.29) is 12.5 Å². The van der Waals surface area contributed by atoms with Crippen LogP contribution in [0.25, 0.3) is 0 Å². The number of benzene rings is 2. The second kappa shape index (κ2) is 9.57. The lowest BCUT2D eigenvalue weighted by atomic mass is 10.1. The topological polar surface area (TPSA) is 69.7 Å². The molecule has 0 aromatic heterocycles. The Hall–Kier alpha value is -3.15. The van der Waals surface area contributed by atoms with Gasteiger partial charge in [-0.05, 0) is 30.5 Å². The number of nitrogens with one attached hydrogen (secondary N) is 1. The maximum Gasteiger partial charge on any atom is 0.312 e. The Balaban J connectivity index is 1.51. The van der Waals surface area contributed by atoms with Gasteiger partial charge in [0.2, 0.25) is 5.91 Å². The van der Waals surface area contributed by atoms with E-state index in [0.29, 0.717) is 26.2 Å². The number of piperazine rings is 1. The number of hydrogen-bond acceptors (Lipinski definition) is 3. The smallest absolute Gasteiger partial charge is 0.312 e. The number of rotatable bonds is 7. The molecule has 3 amide bonds. The van der Waals surface area contributed by atoms with Crippen LogP contribution >= 0.6 is 0 Å². The Morgan fingerprint density at radius 1 is 0.967 bits per heavy atom. The maximum absolute atomic E-state index is 12.6. The molecule has 0 radical (unpaired) electrons. The van der Waals surface area contributed by atoms with Crippen LogP contribution in [0.15, 0.2) is 48.5 Å². The number of nitrogens with zero attached hydrogens (tertiary/aromatic N) is 2. The van der Waals surface area contributed by atoms with Crippen molar-refractivity contribution in [3.05, 3.63) is 70.8 Å². The highest BCUT2D eigenvalue weighted by atomic mass is 16.2. The zero-order valence-corrected chi connectivity index (χ0v) is 17.9. The van der Waals surface area contributed by atoms with Crippen molar-refractivity contribution in [3.63, 3.8) is 0 Å². The molecule has 1 N–H and O–H groups in total. The summed E-state index contributed by atoms with van der Waals surface area (Å²) in [6.07, 6.45) is 0. The molecule has 30 heavy (non-hydrogen) atoms. The SMILES string of the molecule is Cc1ccc(CN2CCN(CC(C)C(=O)NCc3ccccc3C)C(=O)C2=O)cc1. The fraction of sp³-hybridized carbons (Fsp3) is 0.375. The molecule has 158 valence electrons. The lowest BCUT2D eigenvalue weighted by molar-refractivity contribution is -0.157. The first-order valence-electron chi connectivity index (χ1n) is 10.3. The van der Waals surface area contributed by atoms with Crippen molar-refractivity contribution in [1.82, 2.24) is 15.1 Å². The molecule has 1 atom stereocenters. The minimum absolute atomic E-state index is 0.124. The summed E-state index contributed by atoms with van der Waals surface area (Å²) < 4.78 is 0. The minimum atomic E-state index is -0.535. The van der Waals surface area contributed by atoms with Crippen molar-refractivity contribution >= 4 is 17.7 Å². The Labute approximate surface area is 177 Å². The van der Waals surface area contributed by atoms with E-state index in [1.54, 1.807) is 11.8 Å². The summed E-state index contributed by atoms with van der Waals surface area (Å²) in [5, 5.41) is 2.93. The van der Waals surface area contributed by atoms with E-state index in [1.807, 2.05) is 62.4 Å². The summed E-state index contributed by atoms with van der Waals surface area (Å²) in [6, 6.07) is 15.8. The third-order valence-corrected chi connectivity index (χ3v) is 5.55. The van der Waals surface area contributed by atoms with E-state index < -0.39 is 17.7 Å². The fourth-order valence-electron chi connectivity index (χ4n) is 3.53. The molecule has 1 fully saturated rings. The highest BCUT2D eigenvalue weighted by Gasteiger charge is 2.33. The van der Waals surface area contributed by atoms with E-state index in [9.17, 15) is 14.4 Å². The average Bonchev–Trinajstić information content (AvgIpc) is 2.74. The molecule has 3 rings (SSSR count). The van der Waals surface area contributed by atoms with Gasteiger partial charge in [0.1, 0.15) is 0 Å². The summed E-state index contributed by atoms with van der Waals surface area (Å²) in [7, 11) is 0. The monoisotopic (exact) mass is 407 g/mol. The highest BCUT2D eigenvalue weighted by Crippen LogP contribution is 2.14. The number of hydrogen-bond donors (Lipinski definition) is 1. The molecule has 6 heteroatoms. The van der Waals surface area contributed by atoms with Gasteiger partial charge in [0.15, 0.2) is 0 Å². The summed E-state index contributed by atoms with van der Waals surface area (Å²) in [5.74, 6) is -1.56. The predicted molar refractivity (Wildman–Crippen MR) is 115 cm³/mol. The Morgan fingerprint density at radius 2 is 1.60 bits per heavy atom. The third kappa shape index (κ3) is 5.26. The number of amides is 3. The molecule has 1 aliphatic heterocycles. The first kappa shape index (κ1) is 21.6. The van der Waals surface area contributed by atoms with Crippen LogP contribution in [0.4, 0.5) is 0 Å². The standard InChI is InChI=1S/C24H29N3O3/c1-17-8-10-20(11-9-17)16-27-13-12-26(23(29)24(27)30)15-19(3)22(28)25-14-21-7-5-4-6-18(21)2/h4-11,19H,12-16H2,1-3H3,(H,25,28). The second-order valence-electron chi connectivity index (χ2n) is 8.01. The van der Waals surface area contributed by atoms with Gasteiger partial charge in [-0.25, -0.2) is 0 Å². The fourth-order valence-corrected chi connectivity index (χ4v) is 3.53. The number of carbonyl (C=O) groups excluding carboxylic acids is 3. The van der Waals surface area contributed by atoms with Gasteiger partial charge < -0.3 is 15.1 Å². The third-order valence-electron chi connectivity index (χ3n) is 5.55. The predicted octanol–water partition coefficient (Wildman–Crippen LogP) is 2.43. The molecule has 0 bridgehead atoms. The Kier molecular flexibility index (Phi) is 6.87. The van der Waals surface area contributed by atoms with Crippen LogP contribution in [0.1, 0.15) is 29.2 Å². The molecule has 6 nitrogen and oxygen atoms in total. The zero-order valence-electron chi connectivity index (χ0n) is 17.9. The molecular weight excluding hydrogens is 378 g/mol. The molecule has 1 saturated heterocycles. The van der Waals surface area contributed by atoms with Crippen LogP contribution in [0.5, 0.6) is 0 Å². The lowest BCUT2D eigenvalue weighted by Gasteiger charge is -2.34. The average molecular weight is 408 g/mol. The first-order chi connectivity index (χ1) is 14.3. The van der Waals surface area contributed by atoms with Gasteiger partial charge in [-0.15, -0.1) is 0 Å². The molecule has 2 aromatic rings. The van der Waals surface area contributed by atoms with Crippen LogP contribution in [0.2, 0.25) is 0 Å². The molecule has 0 aliphatic carbocycles. The second-order valence-corrected chi connectivity index (χ2v) is 8.01. The highest BCUT2D eigenvalue weighted by molar-refractivity contribution is 6.35. The number of aryl methyl sites for hydroxylation is 2. The van der Waals surface area contributed by atoms with Gasteiger partial charge in [-0.3, -0.25) is 14.4 Å². The van der Waals surface area contributed by atoms with Gasteiger partial charge in [0.05, 0.1) is 5.92 Å². The largest absolute Gasteiger partial charge is 0.352 e. The molecular formula is C24H29N3O3. The maximum atomic E-state index is 12.6. The van der Waals surface area contributed by atoms with Crippen molar-refractivity contribution in [2.24, 2.45) is 5.92 Å². The van der Waals surface area contributed by atoms with Crippen molar-refractivity contribution in [2.45, 2.75) is 33.9 Å². The molecule has 0 saturated carbocycles. The summed E-state index contributed by atoms with van der Waals surface area (Å²) >= 11 is 0. The van der Waals surface area contributed by atoms with Gasteiger partial charge in [0.25, 0.3) is 0 Å². The molecule has 1 unspecified atom stereocenters. The zero-order chi connectivity index (χ0) is 21.7. The van der Waals surface area contributed by atoms with E-state index in [0.717, 1.165) is 22.3 Å². The van der Waals surface area contributed by atoms with Crippen molar-refractivity contribution < 1.29 is 14.4 Å². The van der Waals surface area contributed by atoms with Gasteiger partial charge in [-0.2, -0.15) is 0 Å².